The van der Waals surface area contributed by atoms with Crippen LogP contribution in [0.15, 0.2) is 48.7 Å². The van der Waals surface area contributed by atoms with Crippen LogP contribution in [0, 0.1) is 5.82 Å². The first-order chi connectivity index (χ1) is 14.0. The van der Waals surface area contributed by atoms with Crippen molar-refractivity contribution in [1.82, 2.24) is 15.3 Å². The lowest BCUT2D eigenvalue weighted by Gasteiger charge is -2.17. The van der Waals surface area contributed by atoms with E-state index >= 15 is 0 Å². The van der Waals surface area contributed by atoms with Gasteiger partial charge in [0.15, 0.2) is 0 Å². The van der Waals surface area contributed by atoms with Gasteiger partial charge in [-0.25, -0.2) is 14.2 Å². The number of thioether (sulfide) groups is 1. The molecular weight excluding hydrogens is 393 g/mol. The van der Waals surface area contributed by atoms with Crippen molar-refractivity contribution in [3.8, 4) is 11.4 Å². The third-order valence-electron chi connectivity index (χ3n) is 4.35. The predicted octanol–water partition coefficient (Wildman–Crippen LogP) is 3.46. The lowest BCUT2D eigenvalue weighted by atomic mass is 10.0. The average Bonchev–Trinajstić information content (AvgIpc) is 2.75. The number of fused-ring (bicyclic) bond motifs is 1. The Morgan fingerprint density at radius 1 is 1.21 bits per heavy atom. The molecule has 1 amide bonds. The fourth-order valence-corrected chi connectivity index (χ4v) is 3.37. The van der Waals surface area contributed by atoms with Crippen molar-refractivity contribution in [3.05, 3.63) is 60.0 Å². The van der Waals surface area contributed by atoms with E-state index < -0.39 is 23.7 Å². The lowest BCUT2D eigenvalue weighted by molar-refractivity contribution is -0.142. The Hall–Kier alpha value is -3.00. The normalized spacial score (nSPS) is 11.8. The minimum atomic E-state index is -0.776. The van der Waals surface area contributed by atoms with E-state index in [9.17, 15) is 14.0 Å². The molecular formula is C21H20FN3O3S. The summed E-state index contributed by atoms with van der Waals surface area (Å²) in [4.78, 5) is 33.8. The summed E-state index contributed by atoms with van der Waals surface area (Å²) in [5, 5.41) is 3.22. The fourth-order valence-electron chi connectivity index (χ4n) is 2.90. The minimum Gasteiger partial charge on any atom is -0.467 e. The van der Waals surface area contributed by atoms with Crippen molar-refractivity contribution < 1.29 is 18.7 Å². The van der Waals surface area contributed by atoms with Gasteiger partial charge in [0.2, 0.25) is 0 Å². The SMILES string of the molecule is COC(=O)[C@@H](CCSC)NC(=O)c1cc(-c2ccccn2)nc2cc(F)ccc12. The molecule has 2 aromatic heterocycles. The Morgan fingerprint density at radius 2 is 2.03 bits per heavy atom. The van der Waals surface area contributed by atoms with Crippen LogP contribution in [0.1, 0.15) is 16.8 Å². The van der Waals surface area contributed by atoms with E-state index in [1.54, 1.807) is 42.2 Å². The number of rotatable bonds is 7. The van der Waals surface area contributed by atoms with E-state index in [1.807, 2.05) is 6.26 Å². The van der Waals surface area contributed by atoms with Crippen LogP contribution in [0.5, 0.6) is 0 Å². The number of halogens is 1. The molecule has 3 rings (SSSR count). The average molecular weight is 413 g/mol. The zero-order chi connectivity index (χ0) is 20.8. The van der Waals surface area contributed by atoms with Crippen molar-refractivity contribution >= 4 is 34.5 Å². The number of hydrogen-bond acceptors (Lipinski definition) is 6. The van der Waals surface area contributed by atoms with Crippen LogP contribution in [0.25, 0.3) is 22.3 Å². The standard InChI is InChI=1S/C21H20FN3O3S/c1-28-21(27)17(8-10-29-2)25-20(26)15-12-19(16-5-3-4-9-23-16)24-18-11-13(22)6-7-14(15)18/h3-7,9,11-12,17H,8,10H2,1-2H3,(H,25,26)/t17-/m1/s1. The number of aromatic nitrogens is 2. The quantitative estimate of drug-likeness (QED) is 0.598. The van der Waals surface area contributed by atoms with Crippen LogP contribution in [-0.4, -0.2) is 47.0 Å². The molecule has 0 unspecified atom stereocenters. The Morgan fingerprint density at radius 3 is 2.72 bits per heavy atom. The summed E-state index contributed by atoms with van der Waals surface area (Å²) in [6.07, 6.45) is 3.97. The number of methoxy groups -OCH3 is 1. The van der Waals surface area contributed by atoms with E-state index in [0.29, 0.717) is 34.5 Å². The topological polar surface area (TPSA) is 81.2 Å². The molecule has 2 heterocycles. The van der Waals surface area contributed by atoms with Gasteiger partial charge in [0.1, 0.15) is 11.9 Å². The second kappa shape index (κ2) is 9.47. The maximum absolute atomic E-state index is 13.8. The van der Waals surface area contributed by atoms with Crippen molar-refractivity contribution in [2.75, 3.05) is 19.1 Å². The van der Waals surface area contributed by atoms with Crippen molar-refractivity contribution in [1.29, 1.82) is 0 Å². The van der Waals surface area contributed by atoms with Crippen LogP contribution in [0.4, 0.5) is 4.39 Å². The summed E-state index contributed by atoms with van der Waals surface area (Å²) >= 11 is 1.57. The molecule has 1 atom stereocenters. The minimum absolute atomic E-state index is 0.286. The van der Waals surface area contributed by atoms with E-state index in [-0.39, 0.29) is 5.56 Å². The van der Waals surface area contributed by atoms with Gasteiger partial charge in [-0.3, -0.25) is 9.78 Å². The maximum Gasteiger partial charge on any atom is 0.328 e. The number of nitrogens with one attached hydrogen (secondary N) is 1. The second-order valence-corrected chi connectivity index (χ2v) is 7.25. The number of ether oxygens (including phenoxy) is 1. The molecule has 6 nitrogen and oxygen atoms in total. The van der Waals surface area contributed by atoms with E-state index in [2.05, 4.69) is 15.3 Å². The van der Waals surface area contributed by atoms with Crippen LogP contribution >= 0.6 is 11.8 Å². The smallest absolute Gasteiger partial charge is 0.328 e. The summed E-state index contributed by atoms with van der Waals surface area (Å²) in [6.45, 7) is 0. The monoisotopic (exact) mass is 413 g/mol. The molecule has 8 heteroatoms. The highest BCUT2D eigenvalue weighted by Gasteiger charge is 2.23. The second-order valence-electron chi connectivity index (χ2n) is 6.26. The van der Waals surface area contributed by atoms with Gasteiger partial charge in [-0.1, -0.05) is 6.07 Å². The lowest BCUT2D eigenvalue weighted by Crippen LogP contribution is -2.42. The predicted molar refractivity (Wildman–Crippen MR) is 111 cm³/mol. The summed E-state index contributed by atoms with van der Waals surface area (Å²) in [7, 11) is 1.28. The third-order valence-corrected chi connectivity index (χ3v) is 4.99. The van der Waals surface area contributed by atoms with Gasteiger partial charge in [-0.2, -0.15) is 11.8 Å². The van der Waals surface area contributed by atoms with Crippen LogP contribution in [0.3, 0.4) is 0 Å². The van der Waals surface area contributed by atoms with Crippen LogP contribution in [-0.2, 0) is 9.53 Å². The van der Waals surface area contributed by atoms with Crippen molar-refractivity contribution in [2.24, 2.45) is 0 Å². The van der Waals surface area contributed by atoms with Gasteiger partial charge in [0.05, 0.1) is 29.6 Å². The molecule has 150 valence electrons. The Bertz CT molecular complexity index is 1030. The summed E-state index contributed by atoms with van der Waals surface area (Å²) in [5.41, 5.74) is 1.61. The molecule has 0 spiro atoms. The zero-order valence-electron chi connectivity index (χ0n) is 16.0. The van der Waals surface area contributed by atoms with Crippen molar-refractivity contribution in [2.45, 2.75) is 12.5 Å². The summed E-state index contributed by atoms with van der Waals surface area (Å²) in [5.74, 6) is -0.747. The molecule has 0 radical (unpaired) electrons. The summed E-state index contributed by atoms with van der Waals surface area (Å²) < 4.78 is 18.6. The van der Waals surface area contributed by atoms with Gasteiger partial charge in [0.25, 0.3) is 5.91 Å². The number of amides is 1. The molecule has 1 N–H and O–H groups in total. The first-order valence-electron chi connectivity index (χ1n) is 8.93. The fraction of sp³-hybridized carbons (Fsp3) is 0.238. The largest absolute Gasteiger partial charge is 0.467 e. The maximum atomic E-state index is 13.8. The first kappa shape index (κ1) is 20.7. The third kappa shape index (κ3) is 4.89. The van der Waals surface area contributed by atoms with E-state index in [1.165, 1.54) is 25.3 Å². The Balaban J connectivity index is 2.04. The van der Waals surface area contributed by atoms with Gasteiger partial charge >= 0.3 is 5.97 Å². The number of esters is 1. The van der Waals surface area contributed by atoms with E-state index in [0.717, 1.165) is 0 Å². The highest BCUT2D eigenvalue weighted by atomic mass is 32.2. The number of hydrogen-bond donors (Lipinski definition) is 1. The van der Waals surface area contributed by atoms with E-state index in [4.69, 9.17) is 4.74 Å². The first-order valence-corrected chi connectivity index (χ1v) is 10.3. The Kier molecular flexibility index (Phi) is 6.77. The molecule has 0 aliphatic carbocycles. The van der Waals surface area contributed by atoms with Crippen molar-refractivity contribution in [3.63, 3.8) is 0 Å². The molecule has 3 aromatic rings. The molecule has 0 aliphatic heterocycles. The highest BCUT2D eigenvalue weighted by molar-refractivity contribution is 7.98. The van der Waals surface area contributed by atoms with Gasteiger partial charge in [-0.05, 0) is 48.8 Å². The molecule has 0 saturated heterocycles. The van der Waals surface area contributed by atoms with Gasteiger partial charge in [-0.15, -0.1) is 0 Å². The zero-order valence-corrected chi connectivity index (χ0v) is 16.8. The molecule has 0 bridgehead atoms. The number of nitrogens with zero attached hydrogens (tertiary/aromatic N) is 2. The number of benzene rings is 1. The molecule has 0 fully saturated rings. The van der Waals surface area contributed by atoms with Crippen LogP contribution < -0.4 is 5.32 Å². The number of carbonyl (C=O) groups is 2. The highest BCUT2D eigenvalue weighted by Crippen LogP contribution is 2.24. The number of carbonyl (C=O) groups excluding carboxylic acids is 2. The van der Waals surface area contributed by atoms with Gasteiger partial charge in [0, 0.05) is 17.6 Å². The van der Waals surface area contributed by atoms with Gasteiger partial charge < -0.3 is 10.1 Å². The van der Waals surface area contributed by atoms with Crippen LogP contribution in [0.2, 0.25) is 0 Å². The molecule has 29 heavy (non-hydrogen) atoms. The Labute approximate surface area is 171 Å². The number of pyridine rings is 2. The molecule has 1 aromatic carbocycles. The molecule has 0 aliphatic rings. The molecule has 0 saturated carbocycles. The summed E-state index contributed by atoms with van der Waals surface area (Å²) in [6, 6.07) is 10.2.